The van der Waals surface area contributed by atoms with Gasteiger partial charge in [0.25, 0.3) is 0 Å². The van der Waals surface area contributed by atoms with Gasteiger partial charge in [-0.2, -0.15) is 5.10 Å². The summed E-state index contributed by atoms with van der Waals surface area (Å²) in [5, 5.41) is 16.3. The number of para-hydroxylation sites is 1. The number of hydrazone groups is 1. The molecule has 0 unspecified atom stereocenters. The highest BCUT2D eigenvalue weighted by molar-refractivity contribution is 14.1. The third-order valence-corrected chi connectivity index (χ3v) is 4.24. The van der Waals surface area contributed by atoms with E-state index < -0.39 is 11.8 Å². The average molecular weight is 467 g/mol. The molecule has 0 bridgehead atoms. The van der Waals surface area contributed by atoms with Crippen molar-refractivity contribution in [1.29, 1.82) is 0 Å². The van der Waals surface area contributed by atoms with Crippen LogP contribution < -0.4 is 15.5 Å². The lowest BCUT2D eigenvalue weighted by molar-refractivity contribution is -0.126. The summed E-state index contributed by atoms with van der Waals surface area (Å²) in [5.74, 6) is -0.606. The van der Waals surface area contributed by atoms with Gasteiger partial charge < -0.3 is 15.2 Å². The van der Waals surface area contributed by atoms with E-state index in [1.165, 1.54) is 13.3 Å². The number of hydrogen-bond acceptors (Lipinski definition) is 5. The number of nitrogens with one attached hydrogen (secondary N) is 2. The van der Waals surface area contributed by atoms with Gasteiger partial charge >= 0.3 is 0 Å². The van der Waals surface area contributed by atoms with Crippen molar-refractivity contribution in [3.63, 3.8) is 0 Å². The number of aryl methyl sites for hydroxylation is 1. The molecule has 0 heterocycles. The molecule has 7 nitrogen and oxygen atoms in total. The quantitative estimate of drug-likeness (QED) is 0.263. The van der Waals surface area contributed by atoms with Crippen LogP contribution >= 0.6 is 22.6 Å². The summed E-state index contributed by atoms with van der Waals surface area (Å²) in [4.78, 5) is 23.7. The van der Waals surface area contributed by atoms with E-state index in [1.807, 2.05) is 41.6 Å². The van der Waals surface area contributed by atoms with E-state index in [1.54, 1.807) is 24.3 Å². The highest BCUT2D eigenvalue weighted by Crippen LogP contribution is 2.31. The number of methoxy groups -OCH3 is 1. The minimum Gasteiger partial charge on any atom is -0.504 e. The normalized spacial score (nSPS) is 10.6. The SMILES string of the molecule is COc1cc(C=NNC(=O)CC(=O)Nc2ccccc2C)cc(I)c1O. The molecule has 3 N–H and O–H groups in total. The lowest BCUT2D eigenvalue weighted by atomic mass is 10.2. The summed E-state index contributed by atoms with van der Waals surface area (Å²) in [7, 11) is 1.45. The van der Waals surface area contributed by atoms with Gasteiger partial charge in [0.2, 0.25) is 11.8 Å². The van der Waals surface area contributed by atoms with Gasteiger partial charge in [-0.1, -0.05) is 18.2 Å². The van der Waals surface area contributed by atoms with Crippen molar-refractivity contribution in [2.45, 2.75) is 13.3 Å². The highest BCUT2D eigenvalue weighted by atomic mass is 127. The smallest absolute Gasteiger partial charge is 0.249 e. The van der Waals surface area contributed by atoms with Crippen LogP contribution in [0.1, 0.15) is 17.5 Å². The van der Waals surface area contributed by atoms with Crippen molar-refractivity contribution >= 4 is 46.3 Å². The summed E-state index contributed by atoms with van der Waals surface area (Å²) in [6, 6.07) is 10.6. The summed E-state index contributed by atoms with van der Waals surface area (Å²) in [6.45, 7) is 1.87. The van der Waals surface area contributed by atoms with E-state index in [4.69, 9.17) is 4.74 Å². The molecule has 0 aliphatic heterocycles. The number of phenolic OH excluding ortho intramolecular Hbond substituents is 1. The number of carbonyl (C=O) groups is 2. The molecule has 8 heteroatoms. The molecule has 26 heavy (non-hydrogen) atoms. The zero-order valence-corrected chi connectivity index (χ0v) is 16.4. The van der Waals surface area contributed by atoms with Crippen molar-refractivity contribution in [2.75, 3.05) is 12.4 Å². The number of amides is 2. The van der Waals surface area contributed by atoms with Crippen molar-refractivity contribution in [2.24, 2.45) is 5.10 Å². The Bertz CT molecular complexity index is 852. The van der Waals surface area contributed by atoms with Gasteiger partial charge in [0, 0.05) is 5.69 Å². The Morgan fingerprint density at radius 2 is 2.00 bits per heavy atom. The van der Waals surface area contributed by atoms with E-state index in [0.717, 1.165) is 5.56 Å². The van der Waals surface area contributed by atoms with Crippen LogP contribution in [0.25, 0.3) is 0 Å². The van der Waals surface area contributed by atoms with Gasteiger partial charge in [0.1, 0.15) is 6.42 Å². The summed E-state index contributed by atoms with van der Waals surface area (Å²) >= 11 is 1.96. The maximum absolute atomic E-state index is 11.9. The molecule has 0 atom stereocenters. The number of nitrogens with zero attached hydrogens (tertiary/aromatic N) is 1. The van der Waals surface area contributed by atoms with Crippen LogP contribution in [0.5, 0.6) is 11.5 Å². The molecular formula is C18H18IN3O4. The largest absolute Gasteiger partial charge is 0.504 e. The first kappa shape index (κ1) is 19.7. The predicted octanol–water partition coefficient (Wildman–Crippen LogP) is 2.79. The first-order valence-electron chi connectivity index (χ1n) is 7.64. The number of hydrogen-bond donors (Lipinski definition) is 3. The number of carbonyl (C=O) groups excluding carboxylic acids is 2. The zero-order valence-electron chi connectivity index (χ0n) is 14.2. The van der Waals surface area contributed by atoms with E-state index in [0.29, 0.717) is 20.6 Å². The van der Waals surface area contributed by atoms with Gasteiger partial charge in [-0.15, -0.1) is 0 Å². The van der Waals surface area contributed by atoms with Crippen LogP contribution in [0.4, 0.5) is 5.69 Å². The Hall–Kier alpha value is -2.62. The molecule has 0 saturated carbocycles. The second-order valence-corrected chi connectivity index (χ2v) is 6.55. The Morgan fingerprint density at radius 3 is 2.69 bits per heavy atom. The number of anilines is 1. The third kappa shape index (κ3) is 5.45. The standard InChI is InChI=1S/C18H18IN3O4/c1-11-5-3-4-6-14(11)21-16(23)9-17(24)22-20-10-12-7-13(19)18(25)15(8-12)26-2/h3-8,10,25H,9H2,1-2H3,(H,21,23)(H,22,24). The fourth-order valence-electron chi connectivity index (χ4n) is 2.10. The molecule has 0 saturated heterocycles. The summed E-state index contributed by atoms with van der Waals surface area (Å²) in [5.41, 5.74) is 4.51. The average Bonchev–Trinajstić information content (AvgIpc) is 2.59. The first-order chi connectivity index (χ1) is 12.4. The number of aromatic hydroxyl groups is 1. The summed E-state index contributed by atoms with van der Waals surface area (Å²) in [6.07, 6.45) is 1.06. The molecule has 2 rings (SSSR count). The second kappa shape index (κ2) is 9.18. The second-order valence-electron chi connectivity index (χ2n) is 5.39. The first-order valence-corrected chi connectivity index (χ1v) is 8.72. The number of halogens is 1. The van der Waals surface area contributed by atoms with Crippen molar-refractivity contribution < 1.29 is 19.4 Å². The Balaban J connectivity index is 1.90. The van der Waals surface area contributed by atoms with Crippen LogP contribution in [0.15, 0.2) is 41.5 Å². The van der Waals surface area contributed by atoms with E-state index in [2.05, 4.69) is 15.8 Å². The van der Waals surface area contributed by atoms with Crippen molar-refractivity contribution in [3.8, 4) is 11.5 Å². The maximum Gasteiger partial charge on any atom is 0.249 e. The van der Waals surface area contributed by atoms with Crippen LogP contribution in [-0.4, -0.2) is 30.2 Å². The van der Waals surface area contributed by atoms with Gasteiger partial charge in [-0.25, -0.2) is 5.43 Å². The lowest BCUT2D eigenvalue weighted by Gasteiger charge is -2.07. The molecule has 2 amide bonds. The molecule has 0 radical (unpaired) electrons. The van der Waals surface area contributed by atoms with Gasteiger partial charge in [0.15, 0.2) is 11.5 Å². The van der Waals surface area contributed by atoms with Crippen molar-refractivity contribution in [1.82, 2.24) is 5.43 Å². The van der Waals surface area contributed by atoms with Gasteiger partial charge in [0.05, 0.1) is 16.9 Å². The highest BCUT2D eigenvalue weighted by Gasteiger charge is 2.10. The molecule has 0 aliphatic carbocycles. The molecule has 0 fully saturated rings. The fourth-order valence-corrected chi connectivity index (χ4v) is 2.72. The maximum atomic E-state index is 11.9. The minimum absolute atomic E-state index is 0.0437. The number of rotatable bonds is 6. The fraction of sp³-hybridized carbons (Fsp3) is 0.167. The monoisotopic (exact) mass is 467 g/mol. The third-order valence-electron chi connectivity index (χ3n) is 3.41. The number of benzene rings is 2. The summed E-state index contributed by atoms with van der Waals surface area (Å²) < 4.78 is 5.65. The van der Waals surface area contributed by atoms with Gasteiger partial charge in [-0.3, -0.25) is 9.59 Å². The zero-order chi connectivity index (χ0) is 19.1. The van der Waals surface area contributed by atoms with E-state index in [-0.39, 0.29) is 12.2 Å². The van der Waals surface area contributed by atoms with Crippen molar-refractivity contribution in [3.05, 3.63) is 51.1 Å². The molecule has 0 aromatic heterocycles. The Morgan fingerprint density at radius 1 is 1.27 bits per heavy atom. The topological polar surface area (TPSA) is 100 Å². The molecule has 0 aliphatic rings. The predicted molar refractivity (Wildman–Crippen MR) is 108 cm³/mol. The van der Waals surface area contributed by atoms with Crippen LogP contribution in [0.2, 0.25) is 0 Å². The molecule has 136 valence electrons. The van der Waals surface area contributed by atoms with Crippen LogP contribution in [0.3, 0.4) is 0 Å². The molecule has 0 spiro atoms. The van der Waals surface area contributed by atoms with E-state index >= 15 is 0 Å². The van der Waals surface area contributed by atoms with E-state index in [9.17, 15) is 14.7 Å². The van der Waals surface area contributed by atoms with Gasteiger partial charge in [-0.05, 0) is 58.8 Å². The number of phenols is 1. The van der Waals surface area contributed by atoms with Crippen LogP contribution in [-0.2, 0) is 9.59 Å². The molecular weight excluding hydrogens is 449 g/mol. The number of ether oxygens (including phenoxy) is 1. The van der Waals surface area contributed by atoms with Crippen LogP contribution in [0, 0.1) is 10.5 Å². The molecule has 2 aromatic rings. The Kier molecular flexibility index (Phi) is 6.96. The lowest BCUT2D eigenvalue weighted by Crippen LogP contribution is -2.24. The Labute approximate surface area is 164 Å². The molecule has 2 aromatic carbocycles. The minimum atomic E-state index is -0.534.